The molecule has 1 nitrogen and oxygen atoms in total. The van der Waals surface area contributed by atoms with E-state index in [0.29, 0.717) is 0 Å². The summed E-state index contributed by atoms with van der Waals surface area (Å²) >= 11 is 11.2. The van der Waals surface area contributed by atoms with E-state index in [4.69, 9.17) is 11.6 Å². The number of nitrogens with one attached hydrogen (secondary N) is 1. The average molecular weight is 345 g/mol. The molecule has 0 aliphatic carbocycles. The predicted molar refractivity (Wildman–Crippen MR) is 83.7 cm³/mol. The maximum atomic E-state index is 6.04. The monoisotopic (exact) mass is 343 g/mol. The van der Waals surface area contributed by atoms with E-state index in [1.807, 2.05) is 6.07 Å². The van der Waals surface area contributed by atoms with Crippen molar-refractivity contribution in [3.05, 3.63) is 55.1 Å². The summed E-state index contributed by atoms with van der Waals surface area (Å²) in [6, 6.07) is 10.8. The van der Waals surface area contributed by atoms with Crippen molar-refractivity contribution in [2.45, 2.75) is 19.9 Å². The predicted octanol–water partition coefficient (Wildman–Crippen LogP) is 5.17. The van der Waals surface area contributed by atoms with Gasteiger partial charge in [-0.25, -0.2) is 0 Å². The lowest BCUT2D eigenvalue weighted by Gasteiger charge is -2.18. The number of thiophene rings is 1. The van der Waals surface area contributed by atoms with Gasteiger partial charge in [0.05, 0.1) is 10.4 Å². The molecule has 0 aliphatic rings. The van der Waals surface area contributed by atoms with Crippen molar-refractivity contribution < 1.29 is 0 Å². The summed E-state index contributed by atoms with van der Waals surface area (Å²) < 4.78 is 1.95. The summed E-state index contributed by atoms with van der Waals surface area (Å²) in [5.41, 5.74) is 2.52. The van der Waals surface area contributed by atoms with Gasteiger partial charge in [0.25, 0.3) is 0 Å². The van der Waals surface area contributed by atoms with Crippen LogP contribution in [0.5, 0.6) is 0 Å². The van der Waals surface area contributed by atoms with Gasteiger partial charge in [0, 0.05) is 9.35 Å². The lowest BCUT2D eigenvalue weighted by Crippen LogP contribution is -2.21. The normalized spacial score (nSPS) is 12.7. The molecular formula is C14H15BrClNS. The fourth-order valence-electron chi connectivity index (χ4n) is 2.00. The van der Waals surface area contributed by atoms with Crippen molar-refractivity contribution in [2.75, 3.05) is 6.54 Å². The zero-order valence-electron chi connectivity index (χ0n) is 10.3. The number of hydrogen-bond acceptors (Lipinski definition) is 2. The van der Waals surface area contributed by atoms with Gasteiger partial charge in [0.1, 0.15) is 0 Å². The van der Waals surface area contributed by atoms with Crippen LogP contribution in [0.25, 0.3) is 0 Å². The molecule has 18 heavy (non-hydrogen) atoms. The van der Waals surface area contributed by atoms with E-state index in [-0.39, 0.29) is 6.04 Å². The van der Waals surface area contributed by atoms with Gasteiger partial charge in [-0.1, -0.05) is 40.5 Å². The summed E-state index contributed by atoms with van der Waals surface area (Å²) in [6.07, 6.45) is 0. The minimum Gasteiger partial charge on any atom is -0.306 e. The molecule has 0 saturated carbocycles. The molecule has 0 spiro atoms. The molecule has 0 radical (unpaired) electrons. The lowest BCUT2D eigenvalue weighted by atomic mass is 10.0. The van der Waals surface area contributed by atoms with Crippen molar-refractivity contribution in [3.8, 4) is 0 Å². The van der Waals surface area contributed by atoms with Crippen LogP contribution in [0.3, 0.4) is 0 Å². The number of hydrogen-bond donors (Lipinski definition) is 1. The minimum atomic E-state index is 0.212. The van der Waals surface area contributed by atoms with Crippen LogP contribution in [0, 0.1) is 6.92 Å². The molecule has 0 fully saturated rings. The van der Waals surface area contributed by atoms with Crippen LogP contribution >= 0.6 is 38.9 Å². The third-order valence-corrected chi connectivity index (χ3v) is 4.44. The SMILES string of the molecule is CCNC(c1cc(C)cc(Br)c1)c1ccc(Cl)s1. The summed E-state index contributed by atoms with van der Waals surface area (Å²) in [6.45, 7) is 5.15. The van der Waals surface area contributed by atoms with E-state index in [1.54, 1.807) is 11.3 Å². The Labute approximate surface area is 125 Å². The standard InChI is InChI=1S/C14H15BrClNS/c1-3-17-14(12-4-5-13(16)18-12)10-6-9(2)7-11(15)8-10/h4-8,14,17H,3H2,1-2H3. The maximum Gasteiger partial charge on any atom is 0.0931 e. The van der Waals surface area contributed by atoms with E-state index in [0.717, 1.165) is 15.4 Å². The Bertz CT molecular complexity index is 518. The molecule has 2 rings (SSSR count). The highest BCUT2D eigenvalue weighted by molar-refractivity contribution is 9.10. The van der Waals surface area contributed by atoms with Crippen molar-refractivity contribution >= 4 is 38.9 Å². The van der Waals surface area contributed by atoms with Crippen LogP contribution < -0.4 is 5.32 Å². The Morgan fingerprint density at radius 1 is 1.33 bits per heavy atom. The number of halogens is 2. The second-order valence-electron chi connectivity index (χ2n) is 4.19. The number of benzene rings is 1. The average Bonchev–Trinajstić information content (AvgIpc) is 2.71. The second-order valence-corrected chi connectivity index (χ2v) is 6.86. The molecule has 96 valence electrons. The van der Waals surface area contributed by atoms with Gasteiger partial charge in [0.15, 0.2) is 0 Å². The molecule has 1 atom stereocenters. The Balaban J connectivity index is 2.40. The van der Waals surface area contributed by atoms with E-state index in [1.165, 1.54) is 16.0 Å². The van der Waals surface area contributed by atoms with Crippen LogP contribution in [0.2, 0.25) is 4.34 Å². The zero-order valence-corrected chi connectivity index (χ0v) is 13.5. The molecule has 0 bridgehead atoms. The van der Waals surface area contributed by atoms with Crippen LogP contribution in [0.15, 0.2) is 34.8 Å². The van der Waals surface area contributed by atoms with Crippen LogP contribution in [0.1, 0.15) is 29.0 Å². The molecular weight excluding hydrogens is 330 g/mol. The first kappa shape index (κ1) is 14.1. The van der Waals surface area contributed by atoms with E-state index in [9.17, 15) is 0 Å². The molecule has 1 aromatic carbocycles. The fraction of sp³-hybridized carbons (Fsp3) is 0.286. The molecule has 1 N–H and O–H groups in total. The molecule has 2 aromatic rings. The van der Waals surface area contributed by atoms with Gasteiger partial charge in [0.2, 0.25) is 0 Å². The largest absolute Gasteiger partial charge is 0.306 e. The summed E-state index contributed by atoms with van der Waals surface area (Å²) in [7, 11) is 0. The molecule has 0 amide bonds. The Morgan fingerprint density at radius 3 is 2.67 bits per heavy atom. The summed E-state index contributed by atoms with van der Waals surface area (Å²) in [5, 5.41) is 3.51. The van der Waals surface area contributed by atoms with Gasteiger partial charge in [-0.05, 0) is 48.9 Å². The Kier molecular flexibility index (Phi) is 4.84. The fourth-order valence-corrected chi connectivity index (χ4v) is 3.79. The van der Waals surface area contributed by atoms with Gasteiger partial charge in [-0.15, -0.1) is 11.3 Å². The van der Waals surface area contributed by atoms with E-state index in [2.05, 4.69) is 59.4 Å². The van der Waals surface area contributed by atoms with Crippen LogP contribution in [-0.2, 0) is 0 Å². The molecule has 1 aromatic heterocycles. The third kappa shape index (κ3) is 3.35. The molecule has 4 heteroatoms. The van der Waals surface area contributed by atoms with Gasteiger partial charge in [-0.2, -0.15) is 0 Å². The molecule has 0 saturated heterocycles. The molecule has 1 unspecified atom stereocenters. The topological polar surface area (TPSA) is 12.0 Å². The Morgan fingerprint density at radius 2 is 2.11 bits per heavy atom. The van der Waals surface area contributed by atoms with Crippen molar-refractivity contribution in [3.63, 3.8) is 0 Å². The molecule has 0 aliphatic heterocycles. The highest BCUT2D eigenvalue weighted by Crippen LogP contribution is 2.32. The summed E-state index contributed by atoms with van der Waals surface area (Å²) in [4.78, 5) is 1.25. The van der Waals surface area contributed by atoms with Crippen LogP contribution in [-0.4, -0.2) is 6.54 Å². The van der Waals surface area contributed by atoms with E-state index < -0.39 is 0 Å². The van der Waals surface area contributed by atoms with Crippen LogP contribution in [0.4, 0.5) is 0 Å². The first-order valence-corrected chi connectivity index (χ1v) is 7.84. The highest BCUT2D eigenvalue weighted by Gasteiger charge is 2.15. The first-order chi connectivity index (χ1) is 8.60. The smallest absolute Gasteiger partial charge is 0.0931 e. The molecule has 1 heterocycles. The quantitative estimate of drug-likeness (QED) is 0.806. The zero-order chi connectivity index (χ0) is 13.1. The first-order valence-electron chi connectivity index (χ1n) is 5.86. The van der Waals surface area contributed by atoms with Gasteiger partial charge in [-0.3, -0.25) is 0 Å². The van der Waals surface area contributed by atoms with Crippen molar-refractivity contribution in [1.82, 2.24) is 5.32 Å². The third-order valence-electron chi connectivity index (χ3n) is 2.68. The summed E-state index contributed by atoms with van der Waals surface area (Å²) in [5.74, 6) is 0. The van der Waals surface area contributed by atoms with Gasteiger partial charge >= 0.3 is 0 Å². The van der Waals surface area contributed by atoms with Gasteiger partial charge < -0.3 is 5.32 Å². The van der Waals surface area contributed by atoms with E-state index >= 15 is 0 Å². The minimum absolute atomic E-state index is 0.212. The lowest BCUT2D eigenvalue weighted by molar-refractivity contribution is 0.639. The second kappa shape index (κ2) is 6.20. The highest BCUT2D eigenvalue weighted by atomic mass is 79.9. The number of rotatable bonds is 4. The number of aryl methyl sites for hydroxylation is 1. The van der Waals surface area contributed by atoms with Crippen molar-refractivity contribution in [1.29, 1.82) is 0 Å². The van der Waals surface area contributed by atoms with Crippen molar-refractivity contribution in [2.24, 2.45) is 0 Å². The maximum absolute atomic E-state index is 6.04. The Hall–Kier alpha value is -0.350.